The lowest BCUT2D eigenvalue weighted by atomic mass is 10.0. The lowest BCUT2D eigenvalue weighted by Crippen LogP contribution is -2.21. The SMILES string of the molecule is Cc1ccc(-c2ccc(C(F)(F)Oc3ccc(-c4cc(F)c(F)c(F)c4)cc3)cc2)c(F)c1F. The molecule has 8 heteroatoms. The van der Waals surface area contributed by atoms with Crippen LogP contribution in [0.1, 0.15) is 11.1 Å². The maximum absolute atomic E-state index is 14.6. The molecule has 0 aliphatic heterocycles. The van der Waals surface area contributed by atoms with Crippen LogP contribution in [-0.2, 0) is 6.11 Å². The van der Waals surface area contributed by atoms with Crippen molar-refractivity contribution in [3.8, 4) is 28.0 Å². The highest BCUT2D eigenvalue weighted by Crippen LogP contribution is 2.35. The lowest BCUT2D eigenvalue weighted by molar-refractivity contribution is -0.185. The Morgan fingerprint density at radius 3 is 1.74 bits per heavy atom. The van der Waals surface area contributed by atoms with Gasteiger partial charge in [0.15, 0.2) is 29.1 Å². The second-order valence-corrected chi connectivity index (χ2v) is 7.53. The zero-order valence-corrected chi connectivity index (χ0v) is 17.5. The standard InChI is InChI=1S/C26H15F7O/c1-14-2-11-20(24(30)23(14)29)16-3-7-18(8-4-16)26(32,33)34-19-9-5-15(6-10-19)17-12-21(27)25(31)22(28)13-17/h2-13H,1H3. The molecule has 0 radical (unpaired) electrons. The molecule has 0 saturated heterocycles. The third kappa shape index (κ3) is 4.48. The maximum atomic E-state index is 14.6. The molecule has 4 rings (SSSR count). The van der Waals surface area contributed by atoms with E-state index in [9.17, 15) is 30.7 Å². The summed E-state index contributed by atoms with van der Waals surface area (Å²) in [6, 6.07) is 13.7. The maximum Gasteiger partial charge on any atom is 0.426 e. The van der Waals surface area contributed by atoms with Gasteiger partial charge in [0.25, 0.3) is 0 Å². The summed E-state index contributed by atoms with van der Waals surface area (Å²) >= 11 is 0. The van der Waals surface area contributed by atoms with Crippen LogP contribution in [0.5, 0.6) is 5.75 Å². The summed E-state index contributed by atoms with van der Waals surface area (Å²) in [5.74, 6) is -6.68. The number of aryl methyl sites for hydroxylation is 1. The fourth-order valence-electron chi connectivity index (χ4n) is 3.36. The van der Waals surface area contributed by atoms with Crippen LogP contribution in [0.2, 0.25) is 0 Å². The third-order valence-corrected chi connectivity index (χ3v) is 5.22. The molecule has 0 aromatic heterocycles. The number of benzene rings is 4. The van der Waals surface area contributed by atoms with E-state index in [2.05, 4.69) is 0 Å². The Labute approximate surface area is 190 Å². The monoisotopic (exact) mass is 476 g/mol. The Balaban J connectivity index is 1.53. The molecule has 0 amide bonds. The van der Waals surface area contributed by atoms with Crippen LogP contribution in [0, 0.1) is 36.0 Å². The molecule has 4 aromatic carbocycles. The molecule has 0 atom stereocenters. The molecule has 34 heavy (non-hydrogen) atoms. The summed E-state index contributed by atoms with van der Waals surface area (Å²) in [5, 5.41) is 0. The summed E-state index contributed by atoms with van der Waals surface area (Å²) in [7, 11) is 0. The average Bonchev–Trinajstić information content (AvgIpc) is 2.81. The number of hydrogen-bond acceptors (Lipinski definition) is 1. The van der Waals surface area contributed by atoms with E-state index in [4.69, 9.17) is 4.74 Å². The van der Waals surface area contributed by atoms with E-state index in [0.717, 1.165) is 24.3 Å². The topological polar surface area (TPSA) is 9.23 Å². The summed E-state index contributed by atoms with van der Waals surface area (Å²) < 4.78 is 102. The molecule has 0 unspecified atom stereocenters. The van der Waals surface area contributed by atoms with E-state index in [1.807, 2.05) is 0 Å². The fraction of sp³-hybridized carbons (Fsp3) is 0.0769. The van der Waals surface area contributed by atoms with Gasteiger partial charge in [-0.15, -0.1) is 0 Å². The molecule has 0 saturated carbocycles. The highest BCUT2D eigenvalue weighted by atomic mass is 19.3. The molecule has 0 spiro atoms. The van der Waals surface area contributed by atoms with Crippen molar-refractivity contribution < 1.29 is 35.5 Å². The molecular weight excluding hydrogens is 461 g/mol. The molecule has 0 heterocycles. The predicted octanol–water partition coefficient (Wildman–Crippen LogP) is 8.15. The molecule has 0 N–H and O–H groups in total. The summed E-state index contributed by atoms with van der Waals surface area (Å²) in [6.07, 6.45) is -3.77. The van der Waals surface area contributed by atoms with Gasteiger partial charge in [0, 0.05) is 5.56 Å². The minimum absolute atomic E-state index is 0.0186. The molecular formula is C26H15F7O. The smallest absolute Gasteiger partial charge is 0.426 e. The Morgan fingerprint density at radius 2 is 1.15 bits per heavy atom. The number of rotatable bonds is 5. The highest BCUT2D eigenvalue weighted by Gasteiger charge is 2.34. The van der Waals surface area contributed by atoms with Gasteiger partial charge < -0.3 is 4.74 Å². The van der Waals surface area contributed by atoms with Crippen molar-refractivity contribution in [3.63, 3.8) is 0 Å². The van der Waals surface area contributed by atoms with Crippen LogP contribution in [0.25, 0.3) is 22.3 Å². The van der Waals surface area contributed by atoms with Gasteiger partial charge in [-0.05, 0) is 65.6 Å². The Kier molecular flexibility index (Phi) is 6.08. The second kappa shape index (κ2) is 8.85. The number of hydrogen-bond donors (Lipinski definition) is 0. The number of alkyl halides is 2. The van der Waals surface area contributed by atoms with E-state index < -0.39 is 40.8 Å². The molecule has 4 aromatic rings. The van der Waals surface area contributed by atoms with Crippen molar-refractivity contribution in [3.05, 3.63) is 113 Å². The zero-order chi connectivity index (χ0) is 24.6. The van der Waals surface area contributed by atoms with Gasteiger partial charge in [-0.2, -0.15) is 8.78 Å². The highest BCUT2D eigenvalue weighted by molar-refractivity contribution is 5.66. The van der Waals surface area contributed by atoms with Gasteiger partial charge in [-0.25, -0.2) is 22.0 Å². The van der Waals surface area contributed by atoms with Crippen LogP contribution in [0.15, 0.2) is 72.8 Å². The van der Waals surface area contributed by atoms with Crippen LogP contribution < -0.4 is 4.74 Å². The van der Waals surface area contributed by atoms with Gasteiger partial charge >= 0.3 is 6.11 Å². The van der Waals surface area contributed by atoms with Crippen molar-refractivity contribution >= 4 is 0 Å². The quantitative estimate of drug-likeness (QED) is 0.209. The largest absolute Gasteiger partial charge is 0.429 e. The first-order valence-electron chi connectivity index (χ1n) is 9.94. The summed E-state index contributed by atoms with van der Waals surface area (Å²) in [6.45, 7) is 1.41. The van der Waals surface area contributed by atoms with Crippen molar-refractivity contribution in [2.24, 2.45) is 0 Å². The summed E-state index contributed by atoms with van der Waals surface area (Å²) in [4.78, 5) is 0. The lowest BCUT2D eigenvalue weighted by Gasteiger charge is -2.19. The van der Waals surface area contributed by atoms with E-state index in [-0.39, 0.29) is 33.6 Å². The molecule has 174 valence electrons. The Morgan fingerprint density at radius 1 is 0.588 bits per heavy atom. The molecule has 0 fully saturated rings. The third-order valence-electron chi connectivity index (χ3n) is 5.22. The number of ether oxygens (including phenoxy) is 1. The van der Waals surface area contributed by atoms with Gasteiger partial charge in [-0.1, -0.05) is 36.4 Å². The average molecular weight is 476 g/mol. The zero-order valence-electron chi connectivity index (χ0n) is 17.5. The van der Waals surface area contributed by atoms with E-state index >= 15 is 0 Å². The van der Waals surface area contributed by atoms with E-state index in [0.29, 0.717) is 0 Å². The van der Waals surface area contributed by atoms with Crippen molar-refractivity contribution in [2.45, 2.75) is 13.0 Å². The molecule has 1 nitrogen and oxygen atoms in total. The van der Waals surface area contributed by atoms with Crippen LogP contribution in [0.3, 0.4) is 0 Å². The molecule has 0 aliphatic rings. The number of halogens is 7. The van der Waals surface area contributed by atoms with Crippen molar-refractivity contribution in [1.29, 1.82) is 0 Å². The van der Waals surface area contributed by atoms with E-state index in [1.54, 1.807) is 0 Å². The summed E-state index contributed by atoms with van der Waals surface area (Å²) in [5.41, 5.74) is 0.00645. The molecule has 0 aliphatic carbocycles. The fourth-order valence-corrected chi connectivity index (χ4v) is 3.36. The first kappa shape index (κ1) is 23.4. The van der Waals surface area contributed by atoms with E-state index in [1.165, 1.54) is 55.5 Å². The van der Waals surface area contributed by atoms with Crippen molar-refractivity contribution in [2.75, 3.05) is 0 Å². The van der Waals surface area contributed by atoms with Gasteiger partial charge in [-0.3, -0.25) is 0 Å². The first-order chi connectivity index (χ1) is 16.1. The minimum atomic E-state index is -3.77. The second-order valence-electron chi connectivity index (χ2n) is 7.53. The normalized spacial score (nSPS) is 11.5. The first-order valence-corrected chi connectivity index (χ1v) is 9.94. The van der Waals surface area contributed by atoms with Crippen LogP contribution in [-0.4, -0.2) is 0 Å². The van der Waals surface area contributed by atoms with Gasteiger partial charge in [0.2, 0.25) is 0 Å². The minimum Gasteiger partial charge on any atom is -0.429 e. The van der Waals surface area contributed by atoms with Crippen LogP contribution >= 0.6 is 0 Å². The Bertz CT molecular complexity index is 1320. The van der Waals surface area contributed by atoms with Gasteiger partial charge in [0.05, 0.1) is 5.56 Å². The van der Waals surface area contributed by atoms with Crippen molar-refractivity contribution in [1.82, 2.24) is 0 Å². The molecule has 0 bridgehead atoms. The van der Waals surface area contributed by atoms with Crippen LogP contribution in [0.4, 0.5) is 30.7 Å². The predicted molar refractivity (Wildman–Crippen MR) is 113 cm³/mol. The van der Waals surface area contributed by atoms with Gasteiger partial charge in [0.1, 0.15) is 5.75 Å². The Hall–Kier alpha value is -3.81.